The van der Waals surface area contributed by atoms with Gasteiger partial charge in [0.15, 0.2) is 5.78 Å². The van der Waals surface area contributed by atoms with Crippen LogP contribution in [0.25, 0.3) is 10.4 Å². The fraction of sp³-hybridized carbons (Fsp3) is 0.400. The lowest BCUT2D eigenvalue weighted by Gasteiger charge is -2.24. The minimum Gasteiger partial charge on any atom is -0.487 e. The van der Waals surface area contributed by atoms with Crippen molar-refractivity contribution >= 4 is 23.0 Å². The van der Waals surface area contributed by atoms with Gasteiger partial charge in [0.25, 0.3) is 0 Å². The summed E-state index contributed by atoms with van der Waals surface area (Å²) in [5, 5.41) is 2.95. The molecule has 1 N–H and O–H groups in total. The van der Waals surface area contributed by atoms with Crippen molar-refractivity contribution in [3.05, 3.63) is 40.5 Å². The van der Waals surface area contributed by atoms with Crippen LogP contribution in [0.15, 0.2) is 24.3 Å². The van der Waals surface area contributed by atoms with Crippen LogP contribution in [0, 0.1) is 11.7 Å². The van der Waals surface area contributed by atoms with E-state index in [0.29, 0.717) is 29.2 Å². The maximum absolute atomic E-state index is 14.1. The molecule has 0 saturated heterocycles. The highest BCUT2D eigenvalue weighted by atomic mass is 32.1. The zero-order chi connectivity index (χ0) is 18.3. The molecule has 1 atom stereocenters. The number of carbonyl (C=O) groups is 2. The molecule has 0 spiro atoms. The highest BCUT2D eigenvalue weighted by Crippen LogP contribution is 2.42. The summed E-state index contributed by atoms with van der Waals surface area (Å²) in [6.07, 6.45) is 3.42. The van der Waals surface area contributed by atoms with Crippen LogP contribution in [-0.2, 0) is 11.2 Å². The van der Waals surface area contributed by atoms with Gasteiger partial charge in [-0.05, 0) is 44.0 Å². The van der Waals surface area contributed by atoms with Crippen molar-refractivity contribution < 1.29 is 18.7 Å². The molecule has 136 valence electrons. The Bertz CT molecular complexity index is 872. The van der Waals surface area contributed by atoms with Gasteiger partial charge in [-0.2, -0.15) is 0 Å². The van der Waals surface area contributed by atoms with E-state index in [2.05, 4.69) is 5.32 Å². The fourth-order valence-electron chi connectivity index (χ4n) is 3.39. The van der Waals surface area contributed by atoms with Crippen molar-refractivity contribution in [3.8, 4) is 16.2 Å². The molecule has 2 aliphatic rings. The summed E-state index contributed by atoms with van der Waals surface area (Å²) < 4.78 is 20.1. The molecule has 0 bridgehead atoms. The van der Waals surface area contributed by atoms with Crippen LogP contribution in [0.5, 0.6) is 5.75 Å². The van der Waals surface area contributed by atoms with Gasteiger partial charge in [-0.3, -0.25) is 9.59 Å². The van der Waals surface area contributed by atoms with E-state index in [0.717, 1.165) is 29.7 Å². The van der Waals surface area contributed by atoms with Crippen molar-refractivity contribution in [1.29, 1.82) is 0 Å². The number of rotatable bonds is 5. The second kappa shape index (κ2) is 6.83. The van der Waals surface area contributed by atoms with E-state index in [1.54, 1.807) is 6.07 Å². The molecule has 2 aromatic rings. The molecule has 1 unspecified atom stereocenters. The van der Waals surface area contributed by atoms with Crippen molar-refractivity contribution in [2.24, 2.45) is 5.92 Å². The summed E-state index contributed by atoms with van der Waals surface area (Å²) >= 11 is 1.34. The normalized spacial score (nSPS) is 18.8. The Morgan fingerprint density at radius 2 is 2.12 bits per heavy atom. The lowest BCUT2D eigenvalue weighted by Crippen LogP contribution is -2.40. The molecule has 1 aromatic carbocycles. The number of benzene rings is 1. The third-order valence-electron chi connectivity index (χ3n) is 5.06. The van der Waals surface area contributed by atoms with Crippen LogP contribution in [0.3, 0.4) is 0 Å². The molecule has 1 aliphatic carbocycles. The number of fused-ring (bicyclic) bond motifs is 1. The van der Waals surface area contributed by atoms with E-state index in [1.807, 2.05) is 6.07 Å². The SMILES string of the molecule is CC(=O)c1ccc(-c2cc(F)cc3c2OC(CNC(=O)C2CCC2)C3)s1. The number of hydrogen-bond acceptors (Lipinski definition) is 4. The molecule has 4 nitrogen and oxygen atoms in total. The van der Waals surface area contributed by atoms with Crippen LogP contribution in [0.4, 0.5) is 4.39 Å². The van der Waals surface area contributed by atoms with Crippen molar-refractivity contribution in [1.82, 2.24) is 5.32 Å². The van der Waals surface area contributed by atoms with Gasteiger partial charge in [0, 0.05) is 28.3 Å². The van der Waals surface area contributed by atoms with E-state index in [1.165, 1.54) is 30.4 Å². The van der Waals surface area contributed by atoms with Gasteiger partial charge in [-0.1, -0.05) is 6.42 Å². The minimum atomic E-state index is -0.320. The minimum absolute atomic E-state index is 0.00759. The van der Waals surface area contributed by atoms with Crippen LogP contribution < -0.4 is 10.1 Å². The number of Topliss-reactive ketones (excluding diaryl/α,β-unsaturated/α-hetero) is 1. The summed E-state index contributed by atoms with van der Waals surface area (Å²) in [7, 11) is 0. The molecule has 1 amide bonds. The maximum Gasteiger partial charge on any atom is 0.223 e. The summed E-state index contributed by atoms with van der Waals surface area (Å²) in [6, 6.07) is 6.52. The van der Waals surface area contributed by atoms with E-state index in [4.69, 9.17) is 4.74 Å². The van der Waals surface area contributed by atoms with Gasteiger partial charge >= 0.3 is 0 Å². The first-order chi connectivity index (χ1) is 12.5. The standard InChI is InChI=1S/C20H20FNO3S/c1-11(23)17-5-6-18(26-17)16-9-14(21)7-13-8-15(25-19(13)16)10-22-20(24)12-3-2-4-12/h5-7,9,12,15H,2-4,8,10H2,1H3,(H,22,24). The topological polar surface area (TPSA) is 55.4 Å². The lowest BCUT2D eigenvalue weighted by molar-refractivity contribution is -0.127. The molecule has 1 aromatic heterocycles. The average Bonchev–Trinajstić information content (AvgIpc) is 3.17. The van der Waals surface area contributed by atoms with Crippen LogP contribution in [0.1, 0.15) is 41.4 Å². The van der Waals surface area contributed by atoms with Crippen molar-refractivity contribution in [2.45, 2.75) is 38.7 Å². The monoisotopic (exact) mass is 373 g/mol. The second-order valence-electron chi connectivity index (χ2n) is 6.98. The predicted octanol–water partition coefficient (Wildman–Crippen LogP) is 3.98. The van der Waals surface area contributed by atoms with E-state index in [9.17, 15) is 14.0 Å². The molecule has 6 heteroatoms. The molecule has 1 saturated carbocycles. The summed E-state index contributed by atoms with van der Waals surface area (Å²) in [5.41, 5.74) is 1.48. The molecule has 0 radical (unpaired) electrons. The van der Waals surface area contributed by atoms with E-state index in [-0.39, 0.29) is 29.5 Å². The molecule has 4 rings (SSSR count). The van der Waals surface area contributed by atoms with E-state index >= 15 is 0 Å². The first-order valence-electron chi connectivity index (χ1n) is 8.89. The predicted molar refractivity (Wildman–Crippen MR) is 98.2 cm³/mol. The zero-order valence-electron chi connectivity index (χ0n) is 14.5. The number of ketones is 1. The molecular weight excluding hydrogens is 353 g/mol. The summed E-state index contributed by atoms with van der Waals surface area (Å²) in [4.78, 5) is 25.0. The molecular formula is C20H20FNO3S. The highest BCUT2D eigenvalue weighted by Gasteiger charge is 2.30. The number of hydrogen-bond donors (Lipinski definition) is 1. The molecule has 26 heavy (non-hydrogen) atoms. The van der Waals surface area contributed by atoms with Crippen LogP contribution in [0.2, 0.25) is 0 Å². The second-order valence-corrected chi connectivity index (χ2v) is 8.06. The molecule has 2 heterocycles. The van der Waals surface area contributed by atoms with Gasteiger partial charge in [0.1, 0.15) is 17.7 Å². The Kier molecular flexibility index (Phi) is 4.53. The largest absolute Gasteiger partial charge is 0.487 e. The van der Waals surface area contributed by atoms with Gasteiger partial charge in [-0.15, -0.1) is 11.3 Å². The number of ether oxygens (including phenoxy) is 1. The Balaban J connectivity index is 1.51. The Morgan fingerprint density at radius 3 is 2.77 bits per heavy atom. The third-order valence-corrected chi connectivity index (χ3v) is 6.28. The molecule has 1 fully saturated rings. The zero-order valence-corrected chi connectivity index (χ0v) is 15.3. The summed E-state index contributed by atoms with van der Waals surface area (Å²) in [5.74, 6) is 0.562. The lowest BCUT2D eigenvalue weighted by atomic mass is 9.85. The molecule has 1 aliphatic heterocycles. The smallest absolute Gasteiger partial charge is 0.223 e. The average molecular weight is 373 g/mol. The number of halogens is 1. The summed E-state index contributed by atoms with van der Waals surface area (Å²) in [6.45, 7) is 1.94. The number of amides is 1. The Hall–Kier alpha value is -2.21. The first kappa shape index (κ1) is 17.2. The maximum atomic E-state index is 14.1. The highest BCUT2D eigenvalue weighted by molar-refractivity contribution is 7.17. The fourth-order valence-corrected chi connectivity index (χ4v) is 4.31. The van der Waals surface area contributed by atoms with E-state index < -0.39 is 0 Å². The number of nitrogens with one attached hydrogen (secondary N) is 1. The van der Waals surface area contributed by atoms with Crippen LogP contribution >= 0.6 is 11.3 Å². The van der Waals surface area contributed by atoms with Gasteiger partial charge in [0.05, 0.1) is 11.4 Å². The Morgan fingerprint density at radius 1 is 1.31 bits per heavy atom. The first-order valence-corrected chi connectivity index (χ1v) is 9.71. The Labute approximate surface area is 155 Å². The number of carbonyl (C=O) groups excluding carboxylic acids is 2. The van der Waals surface area contributed by atoms with Crippen molar-refractivity contribution in [3.63, 3.8) is 0 Å². The van der Waals surface area contributed by atoms with Crippen molar-refractivity contribution in [2.75, 3.05) is 6.54 Å². The quantitative estimate of drug-likeness (QED) is 0.807. The number of thiophene rings is 1. The van der Waals surface area contributed by atoms with Gasteiger partial charge < -0.3 is 10.1 Å². The van der Waals surface area contributed by atoms with Gasteiger partial charge in [0.2, 0.25) is 5.91 Å². The third kappa shape index (κ3) is 3.26. The van der Waals surface area contributed by atoms with Crippen LogP contribution in [-0.4, -0.2) is 24.3 Å². The van der Waals surface area contributed by atoms with Gasteiger partial charge in [-0.25, -0.2) is 4.39 Å².